The number of carbonyl (C=O) groups is 2. The lowest BCUT2D eigenvalue weighted by molar-refractivity contribution is -0.136. The number of carboxylic acids is 1. The third-order valence-corrected chi connectivity index (χ3v) is 3.86. The van der Waals surface area contributed by atoms with E-state index in [1.807, 2.05) is 36.4 Å². The number of pyridine rings is 1. The Labute approximate surface area is 128 Å². The number of Topliss-reactive ketones (excluding diaryl/α,β-unsaturated/α-hetero) is 1. The summed E-state index contributed by atoms with van der Waals surface area (Å²) in [6, 6.07) is 11.7. The SMILES string of the molecule is O=C(O)CC1=C(c2ccc(-c3cccnc3)cc2)CCC1=O. The molecule has 110 valence electrons. The van der Waals surface area contributed by atoms with Crippen LogP contribution in [0.2, 0.25) is 0 Å². The fourth-order valence-electron chi connectivity index (χ4n) is 2.78. The lowest BCUT2D eigenvalue weighted by Crippen LogP contribution is -2.04. The number of aromatic nitrogens is 1. The van der Waals surface area contributed by atoms with Crippen molar-refractivity contribution in [3.63, 3.8) is 0 Å². The van der Waals surface area contributed by atoms with Crippen molar-refractivity contribution in [3.8, 4) is 11.1 Å². The van der Waals surface area contributed by atoms with E-state index in [9.17, 15) is 9.59 Å². The van der Waals surface area contributed by atoms with Gasteiger partial charge in [0.1, 0.15) is 0 Å². The van der Waals surface area contributed by atoms with Gasteiger partial charge in [-0.1, -0.05) is 30.3 Å². The van der Waals surface area contributed by atoms with Gasteiger partial charge in [-0.05, 0) is 34.8 Å². The van der Waals surface area contributed by atoms with E-state index < -0.39 is 5.97 Å². The Bertz CT molecular complexity index is 746. The molecule has 0 aliphatic heterocycles. The molecule has 4 nitrogen and oxygen atoms in total. The average molecular weight is 293 g/mol. The van der Waals surface area contributed by atoms with Crippen molar-refractivity contribution in [1.82, 2.24) is 4.98 Å². The van der Waals surface area contributed by atoms with Crippen LogP contribution in [0, 0.1) is 0 Å². The van der Waals surface area contributed by atoms with Gasteiger partial charge in [0.25, 0.3) is 0 Å². The Hall–Kier alpha value is -2.75. The molecular formula is C18H15NO3. The highest BCUT2D eigenvalue weighted by molar-refractivity contribution is 6.09. The van der Waals surface area contributed by atoms with Crippen LogP contribution in [0.3, 0.4) is 0 Å². The molecule has 0 amide bonds. The minimum absolute atomic E-state index is 0.0475. The third kappa shape index (κ3) is 2.81. The number of ketones is 1. The second-order valence-electron chi connectivity index (χ2n) is 5.27. The van der Waals surface area contributed by atoms with Crippen LogP contribution in [0.4, 0.5) is 0 Å². The van der Waals surface area contributed by atoms with E-state index in [0.29, 0.717) is 18.4 Å². The average Bonchev–Trinajstić information content (AvgIpc) is 2.89. The summed E-state index contributed by atoms with van der Waals surface area (Å²) in [5, 5.41) is 8.96. The fourth-order valence-corrected chi connectivity index (χ4v) is 2.78. The van der Waals surface area contributed by atoms with Gasteiger partial charge >= 0.3 is 5.97 Å². The van der Waals surface area contributed by atoms with E-state index in [0.717, 1.165) is 22.3 Å². The molecule has 3 rings (SSSR count). The van der Waals surface area contributed by atoms with E-state index >= 15 is 0 Å². The number of benzene rings is 1. The summed E-state index contributed by atoms with van der Waals surface area (Å²) in [5.74, 6) is -1.01. The topological polar surface area (TPSA) is 67.3 Å². The quantitative estimate of drug-likeness (QED) is 0.938. The van der Waals surface area contributed by atoms with E-state index in [2.05, 4.69) is 4.98 Å². The number of allylic oxidation sites excluding steroid dienone is 1. The molecule has 2 aromatic rings. The van der Waals surface area contributed by atoms with Crippen molar-refractivity contribution < 1.29 is 14.7 Å². The summed E-state index contributed by atoms with van der Waals surface area (Å²) in [7, 11) is 0. The summed E-state index contributed by atoms with van der Waals surface area (Å²) >= 11 is 0. The van der Waals surface area contributed by atoms with E-state index in [1.54, 1.807) is 12.4 Å². The highest BCUT2D eigenvalue weighted by atomic mass is 16.4. The predicted octanol–water partition coefficient (Wildman–Crippen LogP) is 3.34. The van der Waals surface area contributed by atoms with Gasteiger partial charge in [-0.3, -0.25) is 14.6 Å². The van der Waals surface area contributed by atoms with Crippen LogP contribution >= 0.6 is 0 Å². The minimum Gasteiger partial charge on any atom is -0.481 e. The first-order chi connectivity index (χ1) is 10.6. The maximum Gasteiger partial charge on any atom is 0.307 e. The first kappa shape index (κ1) is 14.2. The molecule has 0 bridgehead atoms. The van der Waals surface area contributed by atoms with E-state index in [-0.39, 0.29) is 12.2 Å². The molecule has 0 saturated carbocycles. The molecule has 4 heteroatoms. The molecule has 0 saturated heterocycles. The first-order valence-electron chi connectivity index (χ1n) is 7.13. The summed E-state index contributed by atoms with van der Waals surface area (Å²) in [6.45, 7) is 0. The van der Waals surface area contributed by atoms with Crippen molar-refractivity contribution in [2.75, 3.05) is 0 Å². The Kier molecular flexibility index (Phi) is 3.83. The van der Waals surface area contributed by atoms with E-state index in [4.69, 9.17) is 5.11 Å². The molecule has 0 fully saturated rings. The summed E-state index contributed by atoms with van der Waals surface area (Å²) in [5.41, 5.74) is 4.30. The maximum absolute atomic E-state index is 11.9. The molecular weight excluding hydrogens is 278 g/mol. The van der Waals surface area contributed by atoms with Crippen LogP contribution in [-0.4, -0.2) is 21.8 Å². The van der Waals surface area contributed by atoms with Crippen LogP contribution in [0.15, 0.2) is 54.4 Å². The molecule has 0 unspecified atom stereocenters. The normalized spacial score (nSPS) is 14.5. The van der Waals surface area contributed by atoms with Gasteiger partial charge < -0.3 is 5.11 Å². The van der Waals surface area contributed by atoms with Crippen molar-refractivity contribution in [3.05, 3.63) is 59.9 Å². The predicted molar refractivity (Wildman–Crippen MR) is 83.1 cm³/mol. The zero-order chi connectivity index (χ0) is 15.5. The number of rotatable bonds is 4. The van der Waals surface area contributed by atoms with Gasteiger partial charge in [0.05, 0.1) is 6.42 Å². The van der Waals surface area contributed by atoms with Crippen molar-refractivity contribution >= 4 is 17.3 Å². The second-order valence-corrected chi connectivity index (χ2v) is 5.27. The first-order valence-corrected chi connectivity index (χ1v) is 7.13. The number of hydrogen-bond donors (Lipinski definition) is 1. The number of carbonyl (C=O) groups excluding carboxylic acids is 1. The highest BCUT2D eigenvalue weighted by Gasteiger charge is 2.25. The molecule has 1 aromatic carbocycles. The smallest absolute Gasteiger partial charge is 0.307 e. The standard InChI is InChI=1S/C18H15NO3/c20-17-8-7-15(16(17)10-18(21)22)13-5-3-12(4-6-13)14-2-1-9-19-11-14/h1-6,9,11H,7-8,10H2,(H,21,22). The lowest BCUT2D eigenvalue weighted by Gasteiger charge is -2.07. The molecule has 1 N–H and O–H groups in total. The zero-order valence-electron chi connectivity index (χ0n) is 12.0. The second kappa shape index (κ2) is 5.93. The number of nitrogens with zero attached hydrogens (tertiary/aromatic N) is 1. The molecule has 0 spiro atoms. The van der Waals surface area contributed by atoms with Crippen molar-refractivity contribution in [1.29, 1.82) is 0 Å². The highest BCUT2D eigenvalue weighted by Crippen LogP contribution is 2.34. The summed E-state index contributed by atoms with van der Waals surface area (Å²) in [4.78, 5) is 26.9. The number of carboxylic acid groups (broad SMARTS) is 1. The lowest BCUT2D eigenvalue weighted by atomic mass is 9.97. The fraction of sp³-hybridized carbons (Fsp3) is 0.167. The van der Waals surface area contributed by atoms with Gasteiger partial charge in [0.2, 0.25) is 0 Å². The molecule has 0 atom stereocenters. The molecule has 0 radical (unpaired) electrons. The monoisotopic (exact) mass is 293 g/mol. The largest absolute Gasteiger partial charge is 0.481 e. The molecule has 1 aliphatic carbocycles. The van der Waals surface area contributed by atoms with Gasteiger partial charge in [-0.25, -0.2) is 0 Å². The van der Waals surface area contributed by atoms with Crippen LogP contribution in [0.5, 0.6) is 0 Å². The number of aliphatic carboxylic acids is 1. The maximum atomic E-state index is 11.9. The van der Waals surface area contributed by atoms with Crippen LogP contribution < -0.4 is 0 Å². The van der Waals surface area contributed by atoms with Gasteiger partial charge in [0, 0.05) is 24.4 Å². The molecule has 22 heavy (non-hydrogen) atoms. The summed E-state index contributed by atoms with van der Waals surface area (Å²) in [6.07, 6.45) is 4.35. The molecule has 1 aliphatic rings. The third-order valence-electron chi connectivity index (χ3n) is 3.86. The Balaban J connectivity index is 1.94. The van der Waals surface area contributed by atoms with Gasteiger partial charge in [-0.15, -0.1) is 0 Å². The molecule has 1 heterocycles. The minimum atomic E-state index is -0.963. The summed E-state index contributed by atoms with van der Waals surface area (Å²) < 4.78 is 0. The van der Waals surface area contributed by atoms with Crippen molar-refractivity contribution in [2.24, 2.45) is 0 Å². The van der Waals surface area contributed by atoms with Crippen LogP contribution in [0.25, 0.3) is 16.7 Å². The van der Waals surface area contributed by atoms with Crippen LogP contribution in [0.1, 0.15) is 24.8 Å². The van der Waals surface area contributed by atoms with Crippen molar-refractivity contribution in [2.45, 2.75) is 19.3 Å². The Morgan fingerprint density at radius 1 is 1.05 bits per heavy atom. The molecule has 1 aromatic heterocycles. The number of hydrogen-bond acceptors (Lipinski definition) is 3. The van der Waals surface area contributed by atoms with E-state index in [1.165, 1.54) is 0 Å². The van der Waals surface area contributed by atoms with Gasteiger partial charge in [-0.2, -0.15) is 0 Å². The Morgan fingerprint density at radius 2 is 1.77 bits per heavy atom. The Morgan fingerprint density at radius 3 is 2.41 bits per heavy atom. The zero-order valence-corrected chi connectivity index (χ0v) is 12.0. The van der Waals surface area contributed by atoms with Gasteiger partial charge in [0.15, 0.2) is 5.78 Å². The van der Waals surface area contributed by atoms with Crippen LogP contribution in [-0.2, 0) is 9.59 Å².